The van der Waals surface area contributed by atoms with Gasteiger partial charge in [-0.15, -0.1) is 0 Å². The number of nitrogens with one attached hydrogen (secondary N) is 1. The van der Waals surface area contributed by atoms with Gasteiger partial charge in [-0.3, -0.25) is 0 Å². The van der Waals surface area contributed by atoms with Gasteiger partial charge >= 0.3 is 0 Å². The summed E-state index contributed by atoms with van der Waals surface area (Å²) in [4.78, 5) is 5.68. The van der Waals surface area contributed by atoms with Crippen LogP contribution in [-0.4, -0.2) is 12.1 Å². The molecule has 0 aliphatic heterocycles. The summed E-state index contributed by atoms with van der Waals surface area (Å²) >= 11 is 0. The van der Waals surface area contributed by atoms with E-state index in [4.69, 9.17) is 4.84 Å². The van der Waals surface area contributed by atoms with Crippen molar-refractivity contribution in [2.24, 2.45) is 17.3 Å². The lowest BCUT2D eigenvalue weighted by Gasteiger charge is -2.28. The van der Waals surface area contributed by atoms with E-state index in [0.29, 0.717) is 5.41 Å². The molecule has 2 heteroatoms. The third-order valence-corrected chi connectivity index (χ3v) is 3.37. The fourth-order valence-corrected chi connectivity index (χ4v) is 2.75. The zero-order valence-electron chi connectivity index (χ0n) is 12.6. The van der Waals surface area contributed by atoms with Crippen molar-refractivity contribution in [3.8, 4) is 0 Å². The Balaban J connectivity index is 2.32. The summed E-state index contributed by atoms with van der Waals surface area (Å²) in [5, 5.41) is 0. The Hall–Kier alpha value is -0.0800. The molecule has 1 rings (SSSR count). The second-order valence-corrected chi connectivity index (χ2v) is 7.88. The first-order chi connectivity index (χ1) is 7.67. The van der Waals surface area contributed by atoms with Crippen LogP contribution in [0.15, 0.2) is 0 Å². The van der Waals surface area contributed by atoms with Crippen molar-refractivity contribution in [2.45, 2.75) is 72.8 Å². The lowest BCUT2D eigenvalue weighted by molar-refractivity contribution is -0.0325. The van der Waals surface area contributed by atoms with Crippen LogP contribution >= 0.6 is 0 Å². The molecule has 1 fully saturated rings. The maximum atomic E-state index is 5.68. The average molecular weight is 241 g/mol. The standard InChI is InChI=1S/C15H31NO/c1-14(2,3)10-12-8-7-9-13(12)11-17-16-15(4,5)6/h12-13,16H,7-11H2,1-6H3/t12-,13+/m1/s1. The van der Waals surface area contributed by atoms with Crippen molar-refractivity contribution in [3.05, 3.63) is 0 Å². The fraction of sp³-hybridized carbons (Fsp3) is 1.00. The smallest absolute Gasteiger partial charge is 0.0713 e. The number of rotatable bonds is 4. The second-order valence-electron chi connectivity index (χ2n) is 7.88. The van der Waals surface area contributed by atoms with Crippen LogP contribution in [0.4, 0.5) is 0 Å². The summed E-state index contributed by atoms with van der Waals surface area (Å²) in [6.07, 6.45) is 5.44. The van der Waals surface area contributed by atoms with Crippen molar-refractivity contribution in [1.29, 1.82) is 0 Å². The molecule has 1 aliphatic carbocycles. The van der Waals surface area contributed by atoms with Crippen LogP contribution in [0, 0.1) is 17.3 Å². The van der Waals surface area contributed by atoms with Gasteiger partial charge in [-0.05, 0) is 50.9 Å². The summed E-state index contributed by atoms with van der Waals surface area (Å²) in [6.45, 7) is 14.3. The minimum atomic E-state index is 0.0537. The van der Waals surface area contributed by atoms with E-state index >= 15 is 0 Å². The van der Waals surface area contributed by atoms with Crippen molar-refractivity contribution < 1.29 is 4.84 Å². The maximum absolute atomic E-state index is 5.68. The molecule has 0 spiro atoms. The Morgan fingerprint density at radius 1 is 1.00 bits per heavy atom. The Labute approximate surface area is 107 Å². The largest absolute Gasteiger partial charge is 0.301 e. The molecular weight excluding hydrogens is 210 g/mol. The minimum Gasteiger partial charge on any atom is -0.301 e. The van der Waals surface area contributed by atoms with Crippen molar-refractivity contribution in [2.75, 3.05) is 6.61 Å². The summed E-state index contributed by atoms with van der Waals surface area (Å²) in [6, 6.07) is 0. The first-order valence-electron chi connectivity index (χ1n) is 7.06. The molecule has 0 saturated heterocycles. The monoisotopic (exact) mass is 241 g/mol. The summed E-state index contributed by atoms with van der Waals surface area (Å²) in [7, 11) is 0. The molecule has 102 valence electrons. The van der Waals surface area contributed by atoms with Crippen molar-refractivity contribution >= 4 is 0 Å². The predicted molar refractivity (Wildman–Crippen MR) is 73.7 cm³/mol. The van der Waals surface area contributed by atoms with E-state index in [-0.39, 0.29) is 5.54 Å². The molecule has 0 unspecified atom stereocenters. The van der Waals surface area contributed by atoms with E-state index in [0.717, 1.165) is 18.4 Å². The molecule has 1 aliphatic rings. The highest BCUT2D eigenvalue weighted by Gasteiger charge is 2.31. The third-order valence-electron chi connectivity index (χ3n) is 3.37. The summed E-state index contributed by atoms with van der Waals surface area (Å²) in [5.74, 6) is 1.61. The summed E-state index contributed by atoms with van der Waals surface area (Å²) < 4.78 is 0. The van der Waals surface area contributed by atoms with Gasteiger partial charge in [-0.25, -0.2) is 0 Å². The average Bonchev–Trinajstić information content (AvgIpc) is 2.47. The van der Waals surface area contributed by atoms with Crippen LogP contribution in [0.1, 0.15) is 67.2 Å². The lowest BCUT2D eigenvalue weighted by Crippen LogP contribution is -2.37. The summed E-state index contributed by atoms with van der Waals surface area (Å²) in [5.41, 5.74) is 3.63. The van der Waals surface area contributed by atoms with Gasteiger partial charge in [-0.1, -0.05) is 33.6 Å². The zero-order valence-corrected chi connectivity index (χ0v) is 12.6. The van der Waals surface area contributed by atoms with Crippen LogP contribution in [0.2, 0.25) is 0 Å². The number of hydroxylamine groups is 1. The van der Waals surface area contributed by atoms with Crippen molar-refractivity contribution in [3.63, 3.8) is 0 Å². The van der Waals surface area contributed by atoms with Gasteiger partial charge in [-0.2, -0.15) is 5.48 Å². The van der Waals surface area contributed by atoms with Gasteiger partial charge in [0.2, 0.25) is 0 Å². The Morgan fingerprint density at radius 2 is 1.59 bits per heavy atom. The van der Waals surface area contributed by atoms with E-state index in [1.54, 1.807) is 0 Å². The van der Waals surface area contributed by atoms with Crippen LogP contribution in [0.5, 0.6) is 0 Å². The van der Waals surface area contributed by atoms with Gasteiger partial charge in [0.25, 0.3) is 0 Å². The third kappa shape index (κ3) is 6.42. The molecule has 17 heavy (non-hydrogen) atoms. The fourth-order valence-electron chi connectivity index (χ4n) is 2.75. The lowest BCUT2D eigenvalue weighted by atomic mass is 9.80. The quantitative estimate of drug-likeness (QED) is 0.746. The number of hydrogen-bond acceptors (Lipinski definition) is 2. The molecule has 1 N–H and O–H groups in total. The molecular formula is C15H31NO. The first-order valence-corrected chi connectivity index (χ1v) is 7.06. The molecule has 0 aromatic rings. The topological polar surface area (TPSA) is 21.3 Å². The van der Waals surface area contributed by atoms with Gasteiger partial charge in [0.1, 0.15) is 0 Å². The van der Waals surface area contributed by atoms with E-state index in [1.807, 2.05) is 0 Å². The van der Waals surface area contributed by atoms with Crippen LogP contribution in [0.3, 0.4) is 0 Å². The molecule has 0 heterocycles. The van der Waals surface area contributed by atoms with Gasteiger partial charge in [0.05, 0.1) is 6.61 Å². The highest BCUT2D eigenvalue weighted by atomic mass is 16.6. The highest BCUT2D eigenvalue weighted by Crippen LogP contribution is 2.39. The molecule has 1 saturated carbocycles. The van der Waals surface area contributed by atoms with Crippen LogP contribution < -0.4 is 5.48 Å². The minimum absolute atomic E-state index is 0.0537. The zero-order chi connectivity index (χ0) is 13.1. The molecule has 2 atom stereocenters. The van der Waals surface area contributed by atoms with Crippen molar-refractivity contribution in [1.82, 2.24) is 5.48 Å². The SMILES string of the molecule is CC(C)(C)C[C@H]1CCC[C@H]1CONC(C)(C)C. The van der Waals surface area contributed by atoms with E-state index < -0.39 is 0 Å². The molecule has 0 aromatic carbocycles. The van der Waals surface area contributed by atoms with E-state index in [1.165, 1.54) is 25.7 Å². The molecule has 0 radical (unpaired) electrons. The Bertz CT molecular complexity index is 224. The Morgan fingerprint density at radius 3 is 2.12 bits per heavy atom. The van der Waals surface area contributed by atoms with Gasteiger partial charge < -0.3 is 4.84 Å². The van der Waals surface area contributed by atoms with Gasteiger partial charge in [0, 0.05) is 5.54 Å². The second kappa shape index (κ2) is 5.71. The number of hydrogen-bond donors (Lipinski definition) is 1. The maximum Gasteiger partial charge on any atom is 0.0713 e. The van der Waals surface area contributed by atoms with E-state index in [2.05, 4.69) is 47.0 Å². The van der Waals surface area contributed by atoms with Gasteiger partial charge in [0.15, 0.2) is 0 Å². The molecule has 2 nitrogen and oxygen atoms in total. The van der Waals surface area contributed by atoms with Crippen LogP contribution in [-0.2, 0) is 4.84 Å². The predicted octanol–water partition coefficient (Wildman–Crippen LogP) is 4.16. The first kappa shape index (κ1) is 15.0. The highest BCUT2D eigenvalue weighted by molar-refractivity contribution is 4.81. The van der Waals surface area contributed by atoms with Crippen LogP contribution in [0.25, 0.3) is 0 Å². The molecule has 0 amide bonds. The molecule has 0 bridgehead atoms. The normalized spacial score (nSPS) is 26.5. The Kier molecular flexibility index (Phi) is 5.03. The van der Waals surface area contributed by atoms with E-state index in [9.17, 15) is 0 Å². The molecule has 0 aromatic heterocycles.